The topological polar surface area (TPSA) is 0 Å². The molecule has 1 aromatic rings. The second-order valence-corrected chi connectivity index (χ2v) is 6.08. The zero-order chi connectivity index (χ0) is 11.5. The van der Waals surface area contributed by atoms with Crippen LogP contribution in [-0.4, -0.2) is 5.38 Å². The van der Waals surface area contributed by atoms with Gasteiger partial charge < -0.3 is 0 Å². The minimum Gasteiger partial charge on any atom is -0.123 e. The minimum absolute atomic E-state index is 0.396. The molecule has 0 radical (unpaired) electrons. The average molecular weight is 278 g/mol. The second kappa shape index (κ2) is 5.62. The third-order valence-corrected chi connectivity index (χ3v) is 4.07. The fourth-order valence-electron chi connectivity index (χ4n) is 2.40. The molecule has 0 bridgehead atoms. The van der Waals surface area contributed by atoms with Crippen molar-refractivity contribution in [3.63, 3.8) is 0 Å². The van der Waals surface area contributed by atoms with Crippen LogP contribution in [0.15, 0.2) is 18.2 Å². The Bertz CT molecular complexity index is 342. The van der Waals surface area contributed by atoms with Gasteiger partial charge in [-0.25, -0.2) is 0 Å². The number of hydrogen-bond donors (Lipinski definition) is 0. The van der Waals surface area contributed by atoms with E-state index in [0.29, 0.717) is 5.38 Å². The number of aryl methyl sites for hydroxylation is 1. The Morgan fingerprint density at radius 3 is 2.31 bits per heavy atom. The van der Waals surface area contributed by atoms with Crippen molar-refractivity contribution in [2.75, 3.05) is 0 Å². The lowest BCUT2D eigenvalue weighted by Crippen LogP contribution is -1.98. The van der Waals surface area contributed by atoms with Gasteiger partial charge in [-0.3, -0.25) is 0 Å². The van der Waals surface area contributed by atoms with Crippen LogP contribution in [0, 0.1) is 5.92 Å². The highest BCUT2D eigenvalue weighted by atomic mass is 35.5. The van der Waals surface area contributed by atoms with Gasteiger partial charge in [0.15, 0.2) is 0 Å². The summed E-state index contributed by atoms with van der Waals surface area (Å²) in [6.07, 6.45) is 5.84. The highest BCUT2D eigenvalue weighted by Gasteiger charge is 2.22. The molecular weight excluding hydrogens is 263 g/mol. The monoisotopic (exact) mass is 276 g/mol. The largest absolute Gasteiger partial charge is 0.123 e. The van der Waals surface area contributed by atoms with E-state index in [1.165, 1.54) is 24.8 Å². The average Bonchev–Trinajstić information content (AvgIpc) is 2.60. The molecule has 88 valence electrons. The lowest BCUT2D eigenvalue weighted by atomic mass is 9.98. The predicted molar refractivity (Wildman–Crippen MR) is 71.8 cm³/mol. The summed E-state index contributed by atoms with van der Waals surface area (Å²) in [6, 6.07) is 5.78. The summed E-state index contributed by atoms with van der Waals surface area (Å²) < 4.78 is 0. The van der Waals surface area contributed by atoms with Crippen molar-refractivity contribution in [2.24, 2.45) is 5.92 Å². The third-order valence-electron chi connectivity index (χ3n) is 3.24. The molecule has 0 N–H and O–H groups in total. The van der Waals surface area contributed by atoms with Gasteiger partial charge in [-0.15, -0.1) is 11.6 Å². The highest BCUT2D eigenvalue weighted by molar-refractivity contribution is 6.34. The first-order valence-corrected chi connectivity index (χ1v) is 6.92. The maximum Gasteiger partial charge on any atom is 0.0423 e. The van der Waals surface area contributed by atoms with E-state index in [9.17, 15) is 0 Å². The standard InChI is InChI=1S/C13H15Cl3/c14-11-4-3-9(5-11)1-2-10-6-12(15)8-13(16)7-10/h6-9,11H,1-5H2/t9-,11?/m0/s1. The molecular formula is C13H15Cl3. The summed E-state index contributed by atoms with van der Waals surface area (Å²) in [5.74, 6) is 0.778. The zero-order valence-corrected chi connectivity index (χ0v) is 11.3. The first-order valence-electron chi connectivity index (χ1n) is 5.72. The lowest BCUT2D eigenvalue weighted by Gasteiger charge is -2.09. The summed E-state index contributed by atoms with van der Waals surface area (Å²) >= 11 is 18.0. The number of alkyl halides is 1. The van der Waals surface area contributed by atoms with Crippen LogP contribution < -0.4 is 0 Å². The fraction of sp³-hybridized carbons (Fsp3) is 0.538. The Kier molecular flexibility index (Phi) is 4.41. The minimum atomic E-state index is 0.396. The molecule has 1 unspecified atom stereocenters. The second-order valence-electron chi connectivity index (χ2n) is 4.59. The van der Waals surface area contributed by atoms with Gasteiger partial charge in [0, 0.05) is 15.4 Å². The van der Waals surface area contributed by atoms with Crippen molar-refractivity contribution in [2.45, 2.75) is 37.5 Å². The molecule has 1 saturated carbocycles. The molecule has 1 fully saturated rings. The molecule has 0 spiro atoms. The summed E-state index contributed by atoms with van der Waals surface area (Å²) in [7, 11) is 0. The molecule has 2 rings (SSSR count). The summed E-state index contributed by atoms with van der Waals surface area (Å²) in [5.41, 5.74) is 1.23. The molecule has 0 nitrogen and oxygen atoms in total. The van der Waals surface area contributed by atoms with Crippen LogP contribution in [0.25, 0.3) is 0 Å². The quantitative estimate of drug-likeness (QED) is 0.655. The van der Waals surface area contributed by atoms with E-state index in [-0.39, 0.29) is 0 Å². The van der Waals surface area contributed by atoms with Crippen molar-refractivity contribution < 1.29 is 0 Å². The molecule has 0 heterocycles. The van der Waals surface area contributed by atoms with E-state index in [2.05, 4.69) is 0 Å². The van der Waals surface area contributed by atoms with Gasteiger partial charge in [-0.2, -0.15) is 0 Å². The Balaban J connectivity index is 1.89. The van der Waals surface area contributed by atoms with Crippen LogP contribution >= 0.6 is 34.8 Å². The normalized spacial score (nSPS) is 24.9. The van der Waals surface area contributed by atoms with Crippen LogP contribution in [0.3, 0.4) is 0 Å². The molecule has 1 aromatic carbocycles. The number of rotatable bonds is 3. The Labute approximate surface area is 112 Å². The van der Waals surface area contributed by atoms with Crippen molar-refractivity contribution in [3.8, 4) is 0 Å². The lowest BCUT2D eigenvalue weighted by molar-refractivity contribution is 0.504. The van der Waals surface area contributed by atoms with E-state index >= 15 is 0 Å². The molecule has 16 heavy (non-hydrogen) atoms. The SMILES string of the molecule is Clc1cc(Cl)cc(CC[C@H]2CCC(Cl)C2)c1. The molecule has 0 aromatic heterocycles. The maximum absolute atomic E-state index is 6.10. The summed E-state index contributed by atoms with van der Waals surface area (Å²) in [5, 5.41) is 1.85. The van der Waals surface area contributed by atoms with Crippen molar-refractivity contribution in [1.82, 2.24) is 0 Å². The first-order chi connectivity index (χ1) is 7.63. The van der Waals surface area contributed by atoms with Crippen LogP contribution in [-0.2, 0) is 6.42 Å². The van der Waals surface area contributed by atoms with Gasteiger partial charge >= 0.3 is 0 Å². The molecule has 3 heteroatoms. The number of hydrogen-bond acceptors (Lipinski definition) is 0. The van der Waals surface area contributed by atoms with E-state index in [0.717, 1.165) is 28.8 Å². The Hall–Kier alpha value is 0.0900. The van der Waals surface area contributed by atoms with Gasteiger partial charge in [0.25, 0.3) is 0 Å². The maximum atomic E-state index is 6.10. The number of benzene rings is 1. The van der Waals surface area contributed by atoms with Gasteiger partial charge in [0.05, 0.1) is 0 Å². The Morgan fingerprint density at radius 1 is 1.06 bits per heavy atom. The van der Waals surface area contributed by atoms with Gasteiger partial charge in [0.1, 0.15) is 0 Å². The van der Waals surface area contributed by atoms with Crippen molar-refractivity contribution in [3.05, 3.63) is 33.8 Å². The zero-order valence-electron chi connectivity index (χ0n) is 9.06. The highest BCUT2D eigenvalue weighted by Crippen LogP contribution is 2.33. The van der Waals surface area contributed by atoms with Gasteiger partial charge in [-0.05, 0) is 61.8 Å². The summed E-state index contributed by atoms with van der Waals surface area (Å²) in [6.45, 7) is 0. The van der Waals surface area contributed by atoms with Crippen molar-refractivity contribution in [1.29, 1.82) is 0 Å². The molecule has 2 atom stereocenters. The van der Waals surface area contributed by atoms with E-state index in [4.69, 9.17) is 34.8 Å². The van der Waals surface area contributed by atoms with Crippen LogP contribution in [0.5, 0.6) is 0 Å². The molecule has 1 aliphatic carbocycles. The molecule has 1 aliphatic rings. The van der Waals surface area contributed by atoms with Gasteiger partial charge in [0.2, 0.25) is 0 Å². The van der Waals surface area contributed by atoms with Gasteiger partial charge in [-0.1, -0.05) is 23.2 Å². The third kappa shape index (κ3) is 3.55. The number of halogens is 3. The smallest absolute Gasteiger partial charge is 0.0423 e. The van der Waals surface area contributed by atoms with Crippen LogP contribution in [0.4, 0.5) is 0 Å². The first kappa shape index (κ1) is 12.5. The predicted octanol–water partition coefficient (Wildman–Crippen LogP) is 5.33. The molecule has 0 amide bonds. The molecule has 0 saturated heterocycles. The van der Waals surface area contributed by atoms with E-state index in [1.807, 2.05) is 12.1 Å². The van der Waals surface area contributed by atoms with Crippen LogP contribution in [0.2, 0.25) is 10.0 Å². The Morgan fingerprint density at radius 2 is 1.75 bits per heavy atom. The fourth-order valence-corrected chi connectivity index (χ4v) is 3.35. The van der Waals surface area contributed by atoms with Crippen molar-refractivity contribution >= 4 is 34.8 Å². The van der Waals surface area contributed by atoms with E-state index in [1.54, 1.807) is 6.07 Å². The van der Waals surface area contributed by atoms with E-state index < -0.39 is 0 Å². The van der Waals surface area contributed by atoms with Crippen LogP contribution in [0.1, 0.15) is 31.2 Å². The summed E-state index contributed by atoms with van der Waals surface area (Å²) in [4.78, 5) is 0. The molecule has 0 aliphatic heterocycles.